The van der Waals surface area contributed by atoms with Gasteiger partial charge in [-0.3, -0.25) is 13.9 Å². The fourth-order valence-corrected chi connectivity index (χ4v) is 5.73. The quantitative estimate of drug-likeness (QED) is 0.381. The molecule has 1 atom stereocenters. The Morgan fingerprint density at radius 2 is 1.53 bits per heavy atom. The lowest BCUT2D eigenvalue weighted by Crippen LogP contribution is -2.51. The van der Waals surface area contributed by atoms with E-state index in [1.54, 1.807) is 56.3 Å². The first-order valence-corrected chi connectivity index (χ1v) is 14.2. The third-order valence-corrected chi connectivity index (χ3v) is 8.32. The second-order valence-electron chi connectivity index (χ2n) is 9.33. The second-order valence-corrected chi connectivity index (χ2v) is 11.6. The van der Waals surface area contributed by atoms with Crippen molar-refractivity contribution in [2.24, 2.45) is 0 Å². The van der Waals surface area contributed by atoms with Gasteiger partial charge in [0.2, 0.25) is 11.8 Å². The number of anilines is 1. The van der Waals surface area contributed by atoms with Gasteiger partial charge in [-0.2, -0.15) is 0 Å². The van der Waals surface area contributed by atoms with Gasteiger partial charge in [0, 0.05) is 18.1 Å². The lowest BCUT2D eigenvalue weighted by molar-refractivity contribution is -0.139. The number of nitrogens with one attached hydrogen (secondary N) is 1. The van der Waals surface area contributed by atoms with Crippen LogP contribution in [0.2, 0.25) is 5.02 Å². The van der Waals surface area contributed by atoms with Gasteiger partial charge in [-0.15, -0.1) is 0 Å². The summed E-state index contributed by atoms with van der Waals surface area (Å²) in [5.74, 6) is -0.830. The fourth-order valence-electron chi connectivity index (χ4n) is 4.13. The molecule has 0 fully saturated rings. The van der Waals surface area contributed by atoms with Crippen molar-refractivity contribution in [3.8, 4) is 0 Å². The van der Waals surface area contributed by atoms with E-state index in [4.69, 9.17) is 11.6 Å². The number of carbonyl (C=O) groups excluding carboxylic acids is 2. The maximum absolute atomic E-state index is 13.9. The molecule has 0 aliphatic rings. The maximum Gasteiger partial charge on any atom is 0.264 e. The van der Waals surface area contributed by atoms with Crippen molar-refractivity contribution in [1.29, 1.82) is 0 Å². The maximum atomic E-state index is 13.9. The summed E-state index contributed by atoms with van der Waals surface area (Å²) in [7, 11) is -4.10. The van der Waals surface area contributed by atoms with Gasteiger partial charge in [-0.25, -0.2) is 8.42 Å². The first kappa shape index (κ1) is 29.2. The zero-order valence-electron chi connectivity index (χ0n) is 22.4. The SMILES string of the molecule is CCNC(=O)[C@H](C)N(Cc1ccc(Cl)cc1)C(=O)CN(c1ccc(C)cc1C)S(=O)(=O)c1ccc(C)cc1. The molecule has 1 N–H and O–H groups in total. The van der Waals surface area contributed by atoms with Gasteiger partial charge in [0.05, 0.1) is 10.6 Å². The van der Waals surface area contributed by atoms with Gasteiger partial charge >= 0.3 is 0 Å². The lowest BCUT2D eigenvalue weighted by atomic mass is 10.1. The van der Waals surface area contributed by atoms with Crippen molar-refractivity contribution in [3.63, 3.8) is 0 Å². The average molecular weight is 556 g/mol. The van der Waals surface area contributed by atoms with Gasteiger partial charge < -0.3 is 10.2 Å². The van der Waals surface area contributed by atoms with E-state index < -0.39 is 28.5 Å². The van der Waals surface area contributed by atoms with Crippen LogP contribution in [0.5, 0.6) is 0 Å². The van der Waals surface area contributed by atoms with E-state index in [9.17, 15) is 18.0 Å². The minimum Gasteiger partial charge on any atom is -0.355 e. The van der Waals surface area contributed by atoms with Crippen molar-refractivity contribution < 1.29 is 18.0 Å². The molecule has 0 aliphatic carbocycles. The number of amides is 2. The van der Waals surface area contributed by atoms with E-state index in [-0.39, 0.29) is 17.3 Å². The highest BCUT2D eigenvalue weighted by Gasteiger charge is 2.33. The number of hydrogen-bond acceptors (Lipinski definition) is 4. The van der Waals surface area contributed by atoms with E-state index in [0.717, 1.165) is 26.6 Å². The molecule has 0 unspecified atom stereocenters. The second kappa shape index (κ2) is 12.5. The summed E-state index contributed by atoms with van der Waals surface area (Å²) in [5.41, 5.74) is 3.77. The molecular formula is C29H34ClN3O4S. The minimum absolute atomic E-state index is 0.0805. The van der Waals surface area contributed by atoms with Crippen LogP contribution in [0.1, 0.15) is 36.1 Å². The molecule has 0 bridgehead atoms. The fraction of sp³-hybridized carbons (Fsp3) is 0.310. The molecule has 0 heterocycles. The van der Waals surface area contributed by atoms with E-state index in [1.807, 2.05) is 32.9 Å². The third kappa shape index (κ3) is 6.94. The number of likely N-dealkylation sites (N-methyl/N-ethyl adjacent to an activating group) is 1. The Morgan fingerprint density at radius 1 is 0.921 bits per heavy atom. The Hall–Kier alpha value is -3.36. The average Bonchev–Trinajstić information content (AvgIpc) is 2.87. The predicted octanol–water partition coefficient (Wildman–Crippen LogP) is 5.01. The smallest absolute Gasteiger partial charge is 0.264 e. The molecule has 3 aromatic rings. The van der Waals surface area contributed by atoms with Gasteiger partial charge in [0.1, 0.15) is 12.6 Å². The summed E-state index contributed by atoms with van der Waals surface area (Å²) >= 11 is 6.03. The van der Waals surface area contributed by atoms with E-state index in [1.165, 1.54) is 17.0 Å². The summed E-state index contributed by atoms with van der Waals surface area (Å²) < 4.78 is 28.9. The van der Waals surface area contributed by atoms with Gasteiger partial charge in [0.15, 0.2) is 0 Å². The normalized spacial score (nSPS) is 12.1. The summed E-state index contributed by atoms with van der Waals surface area (Å²) in [4.78, 5) is 28.1. The van der Waals surface area contributed by atoms with Gasteiger partial charge in [-0.1, -0.05) is 59.1 Å². The molecule has 0 spiro atoms. The number of sulfonamides is 1. The molecule has 3 aromatic carbocycles. The Morgan fingerprint density at radius 3 is 2.11 bits per heavy atom. The number of carbonyl (C=O) groups is 2. The Balaban J connectivity index is 2.06. The molecule has 0 aromatic heterocycles. The molecule has 38 heavy (non-hydrogen) atoms. The lowest BCUT2D eigenvalue weighted by Gasteiger charge is -2.32. The molecule has 9 heteroatoms. The van der Waals surface area contributed by atoms with Crippen LogP contribution in [0.4, 0.5) is 5.69 Å². The van der Waals surface area contributed by atoms with Crippen molar-refractivity contribution in [2.75, 3.05) is 17.4 Å². The van der Waals surface area contributed by atoms with Gasteiger partial charge in [0.25, 0.3) is 10.0 Å². The molecule has 202 valence electrons. The van der Waals surface area contributed by atoms with Crippen LogP contribution in [0.25, 0.3) is 0 Å². The summed E-state index contributed by atoms with van der Waals surface area (Å²) in [6.07, 6.45) is 0. The first-order valence-electron chi connectivity index (χ1n) is 12.4. The Labute approximate surface area is 230 Å². The molecule has 0 saturated heterocycles. The number of benzene rings is 3. The van der Waals surface area contributed by atoms with E-state index in [2.05, 4.69) is 5.32 Å². The summed E-state index contributed by atoms with van der Waals surface area (Å²) in [6.45, 7) is 9.08. The number of hydrogen-bond donors (Lipinski definition) is 1. The number of halogens is 1. The van der Waals surface area contributed by atoms with E-state index >= 15 is 0 Å². The third-order valence-electron chi connectivity index (χ3n) is 6.29. The summed E-state index contributed by atoms with van der Waals surface area (Å²) in [5, 5.41) is 3.30. The van der Waals surface area contributed by atoms with Crippen LogP contribution in [0.3, 0.4) is 0 Å². The topological polar surface area (TPSA) is 86.8 Å². The van der Waals surface area contributed by atoms with Crippen molar-refractivity contribution >= 4 is 39.1 Å². The highest BCUT2D eigenvalue weighted by atomic mass is 35.5. The molecule has 0 saturated carbocycles. The van der Waals surface area contributed by atoms with Crippen LogP contribution in [-0.2, 0) is 26.2 Å². The standard InChI is InChI=1S/C29H34ClN3O4S/c1-6-31-29(35)23(5)32(18-24-10-12-25(30)13-11-24)28(34)19-33(27-16-9-21(3)17-22(27)4)38(36,37)26-14-7-20(2)8-15-26/h7-17,23H,6,18-19H2,1-5H3,(H,31,35)/t23-/m0/s1. The highest BCUT2D eigenvalue weighted by molar-refractivity contribution is 7.92. The van der Waals surface area contributed by atoms with Crippen LogP contribution >= 0.6 is 11.6 Å². The van der Waals surface area contributed by atoms with Crippen molar-refractivity contribution in [1.82, 2.24) is 10.2 Å². The van der Waals surface area contributed by atoms with Crippen LogP contribution in [0, 0.1) is 20.8 Å². The number of aryl methyl sites for hydroxylation is 3. The monoisotopic (exact) mass is 555 g/mol. The van der Waals surface area contributed by atoms with Gasteiger partial charge in [-0.05, 0) is 76.1 Å². The molecule has 0 radical (unpaired) electrons. The number of rotatable bonds is 10. The van der Waals surface area contributed by atoms with Crippen LogP contribution in [0.15, 0.2) is 71.6 Å². The number of nitrogens with zero attached hydrogens (tertiary/aromatic N) is 2. The van der Waals surface area contributed by atoms with Crippen LogP contribution in [-0.4, -0.2) is 44.3 Å². The zero-order valence-corrected chi connectivity index (χ0v) is 23.9. The van der Waals surface area contributed by atoms with Crippen molar-refractivity contribution in [3.05, 3.63) is 94.0 Å². The van der Waals surface area contributed by atoms with E-state index in [0.29, 0.717) is 17.3 Å². The molecule has 2 amide bonds. The first-order chi connectivity index (χ1) is 17.9. The van der Waals surface area contributed by atoms with Crippen LogP contribution < -0.4 is 9.62 Å². The molecular weight excluding hydrogens is 522 g/mol. The Kier molecular flexibility index (Phi) is 9.57. The highest BCUT2D eigenvalue weighted by Crippen LogP contribution is 2.28. The molecule has 7 nitrogen and oxygen atoms in total. The largest absolute Gasteiger partial charge is 0.355 e. The summed E-state index contributed by atoms with van der Waals surface area (Å²) in [6, 6.07) is 18.0. The molecule has 3 rings (SSSR count). The Bertz CT molecular complexity index is 1390. The molecule has 0 aliphatic heterocycles. The minimum atomic E-state index is -4.10. The predicted molar refractivity (Wildman–Crippen MR) is 152 cm³/mol. The zero-order chi connectivity index (χ0) is 28.0. The van der Waals surface area contributed by atoms with Crippen molar-refractivity contribution in [2.45, 2.75) is 52.1 Å².